The average Bonchev–Trinajstić information content (AvgIpc) is 2.70. The summed E-state index contributed by atoms with van der Waals surface area (Å²) < 4.78 is 0. The van der Waals surface area contributed by atoms with Crippen LogP contribution in [0.1, 0.15) is 59.3 Å². The molecular formula is C20H28O2. The summed E-state index contributed by atoms with van der Waals surface area (Å²) in [6, 6.07) is 0. The Hall–Kier alpha value is -0.890. The minimum atomic E-state index is -0.518. The van der Waals surface area contributed by atoms with E-state index in [4.69, 9.17) is 0 Å². The summed E-state index contributed by atoms with van der Waals surface area (Å²) in [6.07, 6.45) is 12.6. The molecule has 0 heterocycles. The maximum Gasteiger partial charge on any atom is 0.156 e. The van der Waals surface area contributed by atoms with Crippen LogP contribution in [0.5, 0.6) is 0 Å². The van der Waals surface area contributed by atoms with Crippen LogP contribution in [0.3, 0.4) is 0 Å². The summed E-state index contributed by atoms with van der Waals surface area (Å²) in [5.74, 6) is 2.10. The van der Waals surface area contributed by atoms with Gasteiger partial charge in [0, 0.05) is 6.42 Å². The SMILES string of the molecule is CC12CCC(=O)C=C1C=CC1C2CCC2(C)C1CC[C@@]2(C)O. The van der Waals surface area contributed by atoms with E-state index in [0.29, 0.717) is 30.0 Å². The lowest BCUT2D eigenvalue weighted by molar-refractivity contribution is -0.118. The number of rotatable bonds is 0. The Kier molecular flexibility index (Phi) is 2.90. The fraction of sp³-hybridized carbons (Fsp3) is 0.750. The molecule has 0 aromatic carbocycles. The third-order valence-corrected chi connectivity index (χ3v) is 8.08. The van der Waals surface area contributed by atoms with E-state index in [2.05, 4.69) is 26.0 Å². The van der Waals surface area contributed by atoms with Crippen LogP contribution in [0.25, 0.3) is 0 Å². The third-order valence-electron chi connectivity index (χ3n) is 8.08. The number of carbonyl (C=O) groups excluding carboxylic acids is 1. The van der Waals surface area contributed by atoms with Crippen molar-refractivity contribution < 1.29 is 9.90 Å². The average molecular weight is 300 g/mol. The van der Waals surface area contributed by atoms with Crippen LogP contribution in [-0.4, -0.2) is 16.5 Å². The Morgan fingerprint density at radius 3 is 2.59 bits per heavy atom. The molecule has 4 rings (SSSR count). The molecule has 0 bridgehead atoms. The zero-order valence-electron chi connectivity index (χ0n) is 14.1. The Morgan fingerprint density at radius 1 is 1.09 bits per heavy atom. The van der Waals surface area contributed by atoms with Gasteiger partial charge in [0.2, 0.25) is 0 Å². The molecule has 0 saturated heterocycles. The van der Waals surface area contributed by atoms with Gasteiger partial charge in [0.05, 0.1) is 5.60 Å². The van der Waals surface area contributed by atoms with Crippen LogP contribution in [-0.2, 0) is 4.79 Å². The molecule has 1 N–H and O–H groups in total. The van der Waals surface area contributed by atoms with Crippen molar-refractivity contribution in [3.8, 4) is 0 Å². The molecule has 6 atom stereocenters. The maximum atomic E-state index is 11.8. The number of hydrogen-bond acceptors (Lipinski definition) is 2. The molecule has 2 saturated carbocycles. The lowest BCUT2D eigenvalue weighted by Crippen LogP contribution is -2.52. The van der Waals surface area contributed by atoms with Crippen molar-refractivity contribution in [2.75, 3.05) is 0 Å². The fourth-order valence-electron chi connectivity index (χ4n) is 6.24. The third kappa shape index (κ3) is 1.68. The Bertz CT molecular complexity index is 585. The molecule has 0 radical (unpaired) electrons. The number of aliphatic hydroxyl groups is 1. The summed E-state index contributed by atoms with van der Waals surface area (Å²) in [5.41, 5.74) is 0.970. The molecule has 4 aliphatic carbocycles. The van der Waals surface area contributed by atoms with Crippen LogP contribution < -0.4 is 0 Å². The first-order valence-electron chi connectivity index (χ1n) is 8.94. The van der Waals surface area contributed by atoms with Crippen molar-refractivity contribution in [2.24, 2.45) is 28.6 Å². The number of fused-ring (bicyclic) bond motifs is 5. The minimum Gasteiger partial charge on any atom is -0.390 e. The predicted octanol–water partition coefficient (Wildman–Crippen LogP) is 4.05. The van der Waals surface area contributed by atoms with Crippen LogP contribution in [0, 0.1) is 28.6 Å². The topological polar surface area (TPSA) is 37.3 Å². The van der Waals surface area contributed by atoms with Gasteiger partial charge in [-0.05, 0) is 79.3 Å². The Morgan fingerprint density at radius 2 is 1.82 bits per heavy atom. The van der Waals surface area contributed by atoms with Gasteiger partial charge in [-0.25, -0.2) is 0 Å². The number of allylic oxidation sites excluding steroid dienone is 4. The first-order chi connectivity index (χ1) is 10.3. The summed E-state index contributed by atoms with van der Waals surface area (Å²) >= 11 is 0. The van der Waals surface area contributed by atoms with E-state index in [1.807, 2.05) is 13.0 Å². The lowest BCUT2D eigenvalue weighted by Gasteiger charge is -2.56. The van der Waals surface area contributed by atoms with Gasteiger partial charge in [0.15, 0.2) is 5.78 Å². The minimum absolute atomic E-state index is 0.0561. The van der Waals surface area contributed by atoms with E-state index in [-0.39, 0.29) is 10.8 Å². The van der Waals surface area contributed by atoms with Gasteiger partial charge < -0.3 is 5.11 Å². The molecule has 2 nitrogen and oxygen atoms in total. The van der Waals surface area contributed by atoms with E-state index in [1.165, 1.54) is 12.0 Å². The smallest absolute Gasteiger partial charge is 0.156 e. The van der Waals surface area contributed by atoms with Crippen molar-refractivity contribution in [3.63, 3.8) is 0 Å². The van der Waals surface area contributed by atoms with Gasteiger partial charge in [-0.2, -0.15) is 0 Å². The highest BCUT2D eigenvalue weighted by molar-refractivity contribution is 5.92. The van der Waals surface area contributed by atoms with Gasteiger partial charge >= 0.3 is 0 Å². The summed E-state index contributed by atoms with van der Waals surface area (Å²) in [7, 11) is 0. The summed E-state index contributed by atoms with van der Waals surface area (Å²) in [4.78, 5) is 11.8. The highest BCUT2D eigenvalue weighted by Crippen LogP contribution is 2.65. The normalized spacial score (nSPS) is 53.5. The second kappa shape index (κ2) is 4.35. The summed E-state index contributed by atoms with van der Waals surface area (Å²) in [5, 5.41) is 10.9. The zero-order chi connectivity index (χ0) is 15.8. The molecule has 0 aliphatic heterocycles. The van der Waals surface area contributed by atoms with E-state index in [0.717, 1.165) is 25.7 Å². The monoisotopic (exact) mass is 300 g/mol. The largest absolute Gasteiger partial charge is 0.390 e. The molecule has 0 aromatic heterocycles. The standard InChI is InChI=1S/C20H28O2/c1-18-9-6-14(21)12-13(18)4-5-15-16(18)7-10-19(2)17(15)8-11-20(19,3)22/h4-5,12,15-17,22H,6-11H2,1-3H3/t15?,16?,17?,18?,19?,20-/m1/s1. The van der Waals surface area contributed by atoms with Gasteiger partial charge in [-0.1, -0.05) is 26.0 Å². The van der Waals surface area contributed by atoms with Crippen LogP contribution in [0.15, 0.2) is 23.8 Å². The quantitative estimate of drug-likeness (QED) is 0.733. The predicted molar refractivity (Wildman–Crippen MR) is 87.2 cm³/mol. The van der Waals surface area contributed by atoms with Crippen LogP contribution >= 0.6 is 0 Å². The molecule has 5 unspecified atom stereocenters. The van der Waals surface area contributed by atoms with Crippen LogP contribution in [0.2, 0.25) is 0 Å². The van der Waals surface area contributed by atoms with E-state index in [9.17, 15) is 9.90 Å². The van der Waals surface area contributed by atoms with E-state index < -0.39 is 5.60 Å². The number of hydrogen-bond donors (Lipinski definition) is 1. The Balaban J connectivity index is 1.76. The molecular weight excluding hydrogens is 272 g/mol. The second-order valence-corrected chi connectivity index (χ2v) is 8.90. The first-order valence-corrected chi connectivity index (χ1v) is 8.94. The Labute approximate surface area is 133 Å². The summed E-state index contributed by atoms with van der Waals surface area (Å²) in [6.45, 7) is 6.74. The van der Waals surface area contributed by atoms with E-state index in [1.54, 1.807) is 0 Å². The fourth-order valence-corrected chi connectivity index (χ4v) is 6.24. The molecule has 0 aromatic rings. The highest BCUT2D eigenvalue weighted by atomic mass is 16.3. The molecule has 2 heteroatoms. The first kappa shape index (κ1) is 14.7. The molecule has 22 heavy (non-hydrogen) atoms. The van der Waals surface area contributed by atoms with Crippen LogP contribution in [0.4, 0.5) is 0 Å². The zero-order valence-corrected chi connectivity index (χ0v) is 14.1. The van der Waals surface area contributed by atoms with Crippen molar-refractivity contribution in [1.82, 2.24) is 0 Å². The van der Waals surface area contributed by atoms with Gasteiger partial charge in [-0.3, -0.25) is 4.79 Å². The van der Waals surface area contributed by atoms with Gasteiger partial charge in [0.25, 0.3) is 0 Å². The lowest BCUT2D eigenvalue weighted by atomic mass is 9.48. The van der Waals surface area contributed by atoms with Gasteiger partial charge in [-0.15, -0.1) is 0 Å². The molecule has 2 fully saturated rings. The maximum absolute atomic E-state index is 11.8. The van der Waals surface area contributed by atoms with Crippen molar-refractivity contribution >= 4 is 5.78 Å². The molecule has 0 amide bonds. The van der Waals surface area contributed by atoms with Gasteiger partial charge in [0.1, 0.15) is 0 Å². The second-order valence-electron chi connectivity index (χ2n) is 8.90. The van der Waals surface area contributed by atoms with Crippen molar-refractivity contribution in [3.05, 3.63) is 23.8 Å². The molecule has 0 spiro atoms. The number of carbonyl (C=O) groups is 1. The molecule has 4 aliphatic rings. The van der Waals surface area contributed by atoms with Crippen molar-refractivity contribution in [1.29, 1.82) is 0 Å². The van der Waals surface area contributed by atoms with Crippen molar-refractivity contribution in [2.45, 2.75) is 64.9 Å². The van der Waals surface area contributed by atoms with E-state index >= 15 is 0 Å². The molecule has 120 valence electrons. The number of ketones is 1. The highest BCUT2D eigenvalue weighted by Gasteiger charge is 2.61.